The number of carbonyl (C=O) groups is 1. The third-order valence-corrected chi connectivity index (χ3v) is 3.55. The zero-order valence-electron chi connectivity index (χ0n) is 13.8. The maximum absolute atomic E-state index is 11.6. The predicted octanol–water partition coefficient (Wildman–Crippen LogP) is 2.82. The summed E-state index contributed by atoms with van der Waals surface area (Å²) in [6, 6.07) is 8.24. The van der Waals surface area contributed by atoms with Gasteiger partial charge in [-0.25, -0.2) is 0 Å². The van der Waals surface area contributed by atoms with Crippen molar-refractivity contribution in [1.82, 2.24) is 5.32 Å². The molecular weight excluding hydrogens is 264 g/mol. The normalized spacial score (nSPS) is 14.2. The summed E-state index contributed by atoms with van der Waals surface area (Å²) in [6.45, 7) is 10.6. The maximum atomic E-state index is 11.6. The molecule has 1 amide bonds. The molecule has 1 aromatic rings. The Morgan fingerprint density at radius 2 is 2.00 bits per heavy atom. The second kappa shape index (κ2) is 7.46. The number of hydrogen-bond acceptors (Lipinski definition) is 3. The first-order chi connectivity index (χ1) is 9.74. The molecule has 1 aromatic carbocycles. The van der Waals surface area contributed by atoms with Crippen LogP contribution in [0.1, 0.15) is 52.5 Å². The van der Waals surface area contributed by atoms with E-state index >= 15 is 0 Å². The predicted molar refractivity (Wildman–Crippen MR) is 86.5 cm³/mol. The summed E-state index contributed by atoms with van der Waals surface area (Å²) in [5.74, 6) is 0.945. The zero-order chi connectivity index (χ0) is 16.0. The Morgan fingerprint density at radius 1 is 1.33 bits per heavy atom. The van der Waals surface area contributed by atoms with Crippen molar-refractivity contribution in [2.24, 2.45) is 5.73 Å². The molecule has 0 saturated carbocycles. The number of hydrogen-bond donors (Lipinski definition) is 2. The lowest BCUT2D eigenvalue weighted by Crippen LogP contribution is -2.56. The lowest BCUT2D eigenvalue weighted by atomic mass is 9.96. The maximum Gasteiger partial charge on any atom is 0.237 e. The Labute approximate surface area is 128 Å². The Kier molecular flexibility index (Phi) is 6.21. The fourth-order valence-electron chi connectivity index (χ4n) is 2.24. The largest absolute Gasteiger partial charge is 0.494 e. The number of nitrogens with two attached hydrogens (primary N) is 1. The highest BCUT2D eigenvalue weighted by molar-refractivity contribution is 5.84. The zero-order valence-corrected chi connectivity index (χ0v) is 13.8. The molecule has 0 aromatic heterocycles. The van der Waals surface area contributed by atoms with Gasteiger partial charge >= 0.3 is 0 Å². The molecule has 0 aliphatic rings. The Balaban J connectivity index is 2.62. The van der Waals surface area contributed by atoms with Gasteiger partial charge in [-0.15, -0.1) is 0 Å². The highest BCUT2D eigenvalue weighted by Crippen LogP contribution is 2.21. The minimum atomic E-state index is -0.746. The summed E-state index contributed by atoms with van der Waals surface area (Å²) >= 11 is 0. The second-order valence-corrected chi connectivity index (χ2v) is 6.32. The van der Waals surface area contributed by atoms with Gasteiger partial charge in [0.25, 0.3) is 0 Å². The average Bonchev–Trinajstić information content (AvgIpc) is 2.38. The van der Waals surface area contributed by atoms with Crippen molar-refractivity contribution in [2.75, 3.05) is 6.61 Å². The van der Waals surface area contributed by atoms with Crippen molar-refractivity contribution in [3.63, 3.8) is 0 Å². The number of primary amides is 1. The van der Waals surface area contributed by atoms with E-state index in [0.717, 1.165) is 5.75 Å². The first kappa shape index (κ1) is 17.5. The Hall–Kier alpha value is -1.55. The third-order valence-electron chi connectivity index (χ3n) is 3.55. The van der Waals surface area contributed by atoms with E-state index in [1.807, 2.05) is 39.0 Å². The van der Waals surface area contributed by atoms with E-state index in [-0.39, 0.29) is 11.9 Å². The molecule has 1 atom stereocenters. The lowest BCUT2D eigenvalue weighted by Gasteiger charge is -2.29. The van der Waals surface area contributed by atoms with Crippen LogP contribution in [0.2, 0.25) is 0 Å². The van der Waals surface area contributed by atoms with Crippen LogP contribution in [-0.4, -0.2) is 24.1 Å². The summed E-state index contributed by atoms with van der Waals surface area (Å²) in [5.41, 5.74) is 6.00. The van der Waals surface area contributed by atoms with E-state index in [1.165, 1.54) is 5.56 Å². The molecule has 0 bridgehead atoms. The van der Waals surface area contributed by atoms with Crippen LogP contribution in [-0.2, 0) is 4.79 Å². The van der Waals surface area contributed by atoms with Crippen LogP contribution >= 0.6 is 0 Å². The quantitative estimate of drug-likeness (QED) is 0.774. The van der Waals surface area contributed by atoms with E-state index in [4.69, 9.17) is 10.5 Å². The molecule has 0 aliphatic carbocycles. The van der Waals surface area contributed by atoms with Gasteiger partial charge in [-0.05, 0) is 44.4 Å². The van der Waals surface area contributed by atoms with Crippen LogP contribution in [0.5, 0.6) is 5.75 Å². The fourth-order valence-corrected chi connectivity index (χ4v) is 2.24. The van der Waals surface area contributed by atoms with Crippen molar-refractivity contribution in [3.8, 4) is 5.75 Å². The van der Waals surface area contributed by atoms with E-state index in [9.17, 15) is 4.79 Å². The number of ether oxygens (including phenoxy) is 1. The number of benzene rings is 1. The molecule has 0 heterocycles. The van der Waals surface area contributed by atoms with Crippen LogP contribution in [0.3, 0.4) is 0 Å². The van der Waals surface area contributed by atoms with Crippen LogP contribution < -0.4 is 15.8 Å². The van der Waals surface area contributed by atoms with Gasteiger partial charge in [0, 0.05) is 12.5 Å². The van der Waals surface area contributed by atoms with Crippen molar-refractivity contribution in [3.05, 3.63) is 29.8 Å². The van der Waals surface area contributed by atoms with E-state index in [0.29, 0.717) is 18.9 Å². The molecule has 21 heavy (non-hydrogen) atoms. The topological polar surface area (TPSA) is 64.3 Å². The van der Waals surface area contributed by atoms with Gasteiger partial charge in [0.2, 0.25) is 5.91 Å². The van der Waals surface area contributed by atoms with Crippen LogP contribution in [0.4, 0.5) is 0 Å². The third kappa shape index (κ3) is 5.38. The smallest absolute Gasteiger partial charge is 0.237 e. The van der Waals surface area contributed by atoms with Crippen LogP contribution in [0, 0.1) is 0 Å². The van der Waals surface area contributed by atoms with Gasteiger partial charge < -0.3 is 15.8 Å². The molecule has 0 aliphatic heterocycles. The Morgan fingerprint density at radius 3 is 2.52 bits per heavy atom. The van der Waals surface area contributed by atoms with E-state index in [2.05, 4.69) is 25.2 Å². The van der Waals surface area contributed by atoms with Crippen LogP contribution in [0.25, 0.3) is 0 Å². The van der Waals surface area contributed by atoms with Crippen LogP contribution in [0.15, 0.2) is 24.3 Å². The highest BCUT2D eigenvalue weighted by Gasteiger charge is 2.31. The first-order valence-corrected chi connectivity index (χ1v) is 7.55. The number of amides is 1. The molecular formula is C17H28N2O2. The summed E-state index contributed by atoms with van der Waals surface area (Å²) in [7, 11) is 0. The molecule has 1 unspecified atom stereocenters. The monoisotopic (exact) mass is 292 g/mol. The number of carbonyl (C=O) groups excluding carboxylic acids is 1. The Bertz CT molecular complexity index is 472. The molecule has 0 spiro atoms. The minimum absolute atomic E-state index is 0.187. The highest BCUT2D eigenvalue weighted by atomic mass is 16.5. The summed E-state index contributed by atoms with van der Waals surface area (Å²) in [6.07, 6.45) is 0.534. The molecule has 0 radical (unpaired) electrons. The SMILES string of the molecule is CC(C)NC(C)(CCOc1cccc(C(C)C)c1)C(N)=O. The summed E-state index contributed by atoms with van der Waals surface area (Å²) in [4.78, 5) is 11.6. The lowest BCUT2D eigenvalue weighted by molar-refractivity contribution is -0.124. The van der Waals surface area contributed by atoms with E-state index in [1.54, 1.807) is 0 Å². The molecule has 0 saturated heterocycles. The molecule has 3 N–H and O–H groups in total. The summed E-state index contributed by atoms with van der Waals surface area (Å²) < 4.78 is 5.78. The molecule has 118 valence electrons. The molecule has 4 nitrogen and oxygen atoms in total. The number of nitrogens with one attached hydrogen (secondary N) is 1. The average molecular weight is 292 g/mol. The van der Waals surface area contributed by atoms with Crippen molar-refractivity contribution in [1.29, 1.82) is 0 Å². The first-order valence-electron chi connectivity index (χ1n) is 7.55. The summed E-state index contributed by atoms with van der Waals surface area (Å²) in [5, 5.41) is 3.22. The number of rotatable bonds is 8. The fraction of sp³-hybridized carbons (Fsp3) is 0.588. The molecule has 4 heteroatoms. The van der Waals surface area contributed by atoms with Crippen molar-refractivity contribution in [2.45, 2.75) is 58.5 Å². The van der Waals surface area contributed by atoms with E-state index < -0.39 is 5.54 Å². The van der Waals surface area contributed by atoms with Gasteiger partial charge in [-0.3, -0.25) is 4.79 Å². The molecule has 1 rings (SSSR count). The van der Waals surface area contributed by atoms with Crippen molar-refractivity contribution >= 4 is 5.91 Å². The standard InChI is InChI=1S/C17H28N2O2/c1-12(2)14-7-6-8-15(11-14)21-10-9-17(5,16(18)20)19-13(3)4/h6-8,11-13,19H,9-10H2,1-5H3,(H2,18,20). The van der Waals surface area contributed by atoms with Gasteiger partial charge in [-0.1, -0.05) is 26.0 Å². The van der Waals surface area contributed by atoms with Gasteiger partial charge in [0.15, 0.2) is 0 Å². The molecule has 0 fully saturated rings. The van der Waals surface area contributed by atoms with Gasteiger partial charge in [-0.2, -0.15) is 0 Å². The van der Waals surface area contributed by atoms with Gasteiger partial charge in [0.05, 0.1) is 12.1 Å². The second-order valence-electron chi connectivity index (χ2n) is 6.32. The minimum Gasteiger partial charge on any atom is -0.494 e. The van der Waals surface area contributed by atoms with Gasteiger partial charge in [0.1, 0.15) is 5.75 Å². The van der Waals surface area contributed by atoms with Crippen molar-refractivity contribution < 1.29 is 9.53 Å².